The Morgan fingerprint density at radius 1 is 0.893 bits per heavy atom. The highest BCUT2D eigenvalue weighted by Gasteiger charge is 2.15. The molecule has 2 amide bonds. The molecule has 3 aromatic carbocycles. The van der Waals surface area contributed by atoms with E-state index in [0.29, 0.717) is 21.8 Å². The van der Waals surface area contributed by atoms with Crippen LogP contribution >= 0.6 is 11.6 Å². The van der Waals surface area contributed by atoms with Crippen molar-refractivity contribution >= 4 is 35.2 Å². The first-order chi connectivity index (χ1) is 13.5. The molecule has 3 aromatic rings. The van der Waals surface area contributed by atoms with Gasteiger partial charge in [-0.2, -0.15) is 0 Å². The van der Waals surface area contributed by atoms with Gasteiger partial charge in [-0.25, -0.2) is 4.39 Å². The predicted octanol–water partition coefficient (Wildman–Crippen LogP) is 4.89. The fourth-order valence-corrected chi connectivity index (χ4v) is 2.62. The van der Waals surface area contributed by atoms with E-state index in [2.05, 4.69) is 10.6 Å². The Labute approximate surface area is 166 Å². The molecule has 0 aliphatic carbocycles. The van der Waals surface area contributed by atoms with Crippen molar-refractivity contribution in [3.63, 3.8) is 0 Å². The number of halogens is 2. The third-order valence-corrected chi connectivity index (χ3v) is 4.03. The average Bonchev–Trinajstić information content (AvgIpc) is 2.69. The maximum absolute atomic E-state index is 13.2. The van der Waals surface area contributed by atoms with E-state index < -0.39 is 17.6 Å². The highest BCUT2D eigenvalue weighted by atomic mass is 35.5. The van der Waals surface area contributed by atoms with Crippen LogP contribution in [0.25, 0.3) is 6.08 Å². The zero-order valence-corrected chi connectivity index (χ0v) is 15.4. The summed E-state index contributed by atoms with van der Waals surface area (Å²) in [5.74, 6) is -1.36. The summed E-state index contributed by atoms with van der Waals surface area (Å²) in [5.41, 5.74) is 1.46. The molecule has 0 radical (unpaired) electrons. The fraction of sp³-hybridized carbons (Fsp3) is 0. The largest absolute Gasteiger partial charge is 0.321 e. The van der Waals surface area contributed by atoms with E-state index in [9.17, 15) is 14.0 Å². The van der Waals surface area contributed by atoms with Gasteiger partial charge in [0.2, 0.25) is 0 Å². The lowest BCUT2D eigenvalue weighted by molar-refractivity contribution is -0.113. The van der Waals surface area contributed by atoms with Gasteiger partial charge in [-0.15, -0.1) is 0 Å². The first-order valence-electron chi connectivity index (χ1n) is 8.42. The Balaban J connectivity index is 1.88. The maximum Gasteiger partial charge on any atom is 0.272 e. The number of amides is 2. The Morgan fingerprint density at radius 3 is 2.29 bits per heavy atom. The number of rotatable bonds is 5. The Morgan fingerprint density at radius 2 is 1.61 bits per heavy atom. The van der Waals surface area contributed by atoms with Gasteiger partial charge < -0.3 is 10.6 Å². The van der Waals surface area contributed by atoms with Crippen LogP contribution in [0.1, 0.15) is 15.9 Å². The molecule has 4 nitrogen and oxygen atoms in total. The zero-order chi connectivity index (χ0) is 19.9. The molecule has 0 heterocycles. The van der Waals surface area contributed by atoms with Crippen molar-refractivity contribution < 1.29 is 14.0 Å². The van der Waals surface area contributed by atoms with Crippen LogP contribution in [0.2, 0.25) is 5.02 Å². The van der Waals surface area contributed by atoms with E-state index in [0.717, 1.165) is 0 Å². The van der Waals surface area contributed by atoms with E-state index in [1.807, 2.05) is 0 Å². The molecule has 140 valence electrons. The van der Waals surface area contributed by atoms with E-state index in [1.54, 1.807) is 54.6 Å². The number of nitrogens with one attached hydrogen (secondary N) is 2. The maximum atomic E-state index is 13.2. The molecule has 28 heavy (non-hydrogen) atoms. The summed E-state index contributed by atoms with van der Waals surface area (Å²) in [5, 5.41) is 5.77. The Kier molecular flexibility index (Phi) is 6.19. The Hall–Kier alpha value is -3.44. The monoisotopic (exact) mass is 394 g/mol. The minimum atomic E-state index is -0.532. The lowest BCUT2D eigenvalue weighted by Crippen LogP contribution is -2.30. The number of carbonyl (C=O) groups is 2. The highest BCUT2D eigenvalue weighted by molar-refractivity contribution is 6.31. The van der Waals surface area contributed by atoms with Crippen molar-refractivity contribution in [2.75, 3.05) is 5.32 Å². The van der Waals surface area contributed by atoms with Gasteiger partial charge >= 0.3 is 0 Å². The van der Waals surface area contributed by atoms with Crippen LogP contribution in [0.15, 0.2) is 84.6 Å². The lowest BCUT2D eigenvalue weighted by Gasteiger charge is -2.11. The summed E-state index contributed by atoms with van der Waals surface area (Å²) in [6, 6.07) is 20.7. The van der Waals surface area contributed by atoms with Gasteiger partial charge in [0.1, 0.15) is 11.5 Å². The van der Waals surface area contributed by atoms with Gasteiger partial charge in [0.05, 0.1) is 0 Å². The van der Waals surface area contributed by atoms with Crippen molar-refractivity contribution in [1.82, 2.24) is 5.32 Å². The molecule has 2 N–H and O–H groups in total. The van der Waals surface area contributed by atoms with Crippen molar-refractivity contribution in [2.24, 2.45) is 0 Å². The summed E-state index contributed by atoms with van der Waals surface area (Å²) in [7, 11) is 0. The van der Waals surface area contributed by atoms with Gasteiger partial charge in [-0.3, -0.25) is 9.59 Å². The van der Waals surface area contributed by atoms with Crippen LogP contribution < -0.4 is 10.6 Å². The van der Waals surface area contributed by atoms with Crippen LogP contribution in [-0.2, 0) is 4.79 Å². The van der Waals surface area contributed by atoms with E-state index in [1.165, 1.54) is 30.3 Å². The molecule has 0 spiro atoms. The van der Waals surface area contributed by atoms with E-state index >= 15 is 0 Å². The number of benzene rings is 3. The molecule has 0 saturated carbocycles. The first kappa shape index (κ1) is 19.3. The van der Waals surface area contributed by atoms with Gasteiger partial charge in [0.15, 0.2) is 0 Å². The predicted molar refractivity (Wildman–Crippen MR) is 108 cm³/mol. The third-order valence-electron chi connectivity index (χ3n) is 3.79. The topological polar surface area (TPSA) is 58.2 Å². The first-order valence-corrected chi connectivity index (χ1v) is 8.79. The normalized spacial score (nSPS) is 11.0. The van der Waals surface area contributed by atoms with Gasteiger partial charge in [-0.05, 0) is 54.1 Å². The van der Waals surface area contributed by atoms with Crippen molar-refractivity contribution in [3.8, 4) is 0 Å². The van der Waals surface area contributed by atoms with E-state index in [-0.39, 0.29) is 5.70 Å². The SMILES string of the molecule is O=C(Nc1cccc(Cl)c1)/C(=C\c1ccc(F)cc1)NC(=O)c1ccccc1. The van der Waals surface area contributed by atoms with Gasteiger partial charge in [-0.1, -0.05) is 48.0 Å². The number of hydrogen-bond acceptors (Lipinski definition) is 2. The van der Waals surface area contributed by atoms with Crippen LogP contribution in [-0.4, -0.2) is 11.8 Å². The van der Waals surface area contributed by atoms with Crippen LogP contribution in [0.3, 0.4) is 0 Å². The standard InChI is InChI=1S/C22H16ClFN2O2/c23-17-7-4-8-19(14-17)25-22(28)20(13-15-9-11-18(24)12-10-15)26-21(27)16-5-2-1-3-6-16/h1-14H,(H,25,28)(H,26,27)/b20-13+. The van der Waals surface area contributed by atoms with Crippen molar-refractivity contribution in [2.45, 2.75) is 0 Å². The molecule has 6 heteroatoms. The summed E-state index contributed by atoms with van der Waals surface area (Å²) in [6.45, 7) is 0. The molecular weight excluding hydrogens is 379 g/mol. The van der Waals surface area contributed by atoms with Crippen molar-refractivity contribution in [1.29, 1.82) is 0 Å². The minimum absolute atomic E-state index is 0.0143. The van der Waals surface area contributed by atoms with Crippen molar-refractivity contribution in [3.05, 3.63) is 107 Å². The van der Waals surface area contributed by atoms with E-state index in [4.69, 9.17) is 11.6 Å². The molecule has 3 rings (SSSR count). The molecule has 0 saturated heterocycles. The molecule has 0 aliphatic rings. The molecular formula is C22H16ClFN2O2. The molecule has 0 unspecified atom stereocenters. The van der Waals surface area contributed by atoms with Crippen LogP contribution in [0.4, 0.5) is 10.1 Å². The quantitative estimate of drug-likeness (QED) is 0.605. The van der Waals surface area contributed by atoms with Crippen LogP contribution in [0, 0.1) is 5.82 Å². The Bertz CT molecular complexity index is 1020. The van der Waals surface area contributed by atoms with Gasteiger partial charge in [0.25, 0.3) is 11.8 Å². The smallest absolute Gasteiger partial charge is 0.272 e. The third kappa shape index (κ3) is 5.28. The summed E-state index contributed by atoms with van der Waals surface area (Å²) in [4.78, 5) is 25.2. The molecule has 0 fully saturated rings. The summed E-state index contributed by atoms with van der Waals surface area (Å²) in [6.07, 6.45) is 1.47. The highest BCUT2D eigenvalue weighted by Crippen LogP contribution is 2.16. The molecule has 0 aromatic heterocycles. The minimum Gasteiger partial charge on any atom is -0.321 e. The second kappa shape index (κ2) is 8.97. The molecule has 0 atom stereocenters. The number of anilines is 1. The van der Waals surface area contributed by atoms with Crippen LogP contribution in [0.5, 0.6) is 0 Å². The fourth-order valence-electron chi connectivity index (χ4n) is 2.43. The number of carbonyl (C=O) groups excluding carboxylic acids is 2. The molecule has 0 bridgehead atoms. The summed E-state index contributed by atoms with van der Waals surface area (Å²) < 4.78 is 13.2. The second-order valence-electron chi connectivity index (χ2n) is 5.89. The van der Waals surface area contributed by atoms with Gasteiger partial charge in [0, 0.05) is 16.3 Å². The second-order valence-corrected chi connectivity index (χ2v) is 6.33. The average molecular weight is 395 g/mol. The molecule has 0 aliphatic heterocycles. The zero-order valence-electron chi connectivity index (χ0n) is 14.7. The number of hydrogen-bond donors (Lipinski definition) is 2. The lowest BCUT2D eigenvalue weighted by atomic mass is 10.1. The summed E-state index contributed by atoms with van der Waals surface area (Å²) >= 11 is 5.95.